The number of aliphatic hydroxyl groups excluding tert-OH is 3. The van der Waals surface area contributed by atoms with Crippen LogP contribution in [-0.2, 0) is 4.74 Å². The summed E-state index contributed by atoms with van der Waals surface area (Å²) in [6.45, 7) is 0.936. The summed E-state index contributed by atoms with van der Waals surface area (Å²) in [5.41, 5.74) is 5.37. The van der Waals surface area contributed by atoms with Crippen LogP contribution >= 0.6 is 0 Å². The molecule has 2 aliphatic heterocycles. The lowest BCUT2D eigenvalue weighted by molar-refractivity contribution is -0.259. The van der Waals surface area contributed by atoms with E-state index in [1.54, 1.807) is 0 Å². The third-order valence-electron chi connectivity index (χ3n) is 3.39. The van der Waals surface area contributed by atoms with Crippen molar-refractivity contribution in [2.45, 2.75) is 37.1 Å². The summed E-state index contributed by atoms with van der Waals surface area (Å²) < 4.78 is 5.13. The van der Waals surface area contributed by atoms with Crippen molar-refractivity contribution >= 4 is 6.03 Å². The van der Waals surface area contributed by atoms with Gasteiger partial charge in [-0.05, 0) is 6.42 Å². The van der Waals surface area contributed by atoms with E-state index in [2.05, 4.69) is 5.32 Å². The summed E-state index contributed by atoms with van der Waals surface area (Å²) in [6, 6.07) is -1.37. The lowest BCUT2D eigenvalue weighted by Crippen LogP contribution is -2.67. The minimum Gasteiger partial charge on any atom is -0.388 e. The van der Waals surface area contributed by atoms with Crippen molar-refractivity contribution in [3.8, 4) is 0 Å². The van der Waals surface area contributed by atoms with Gasteiger partial charge >= 0.3 is 6.03 Å². The zero-order valence-electron chi connectivity index (χ0n) is 9.90. The van der Waals surface area contributed by atoms with E-state index in [-0.39, 0.29) is 12.6 Å². The summed E-state index contributed by atoms with van der Waals surface area (Å²) in [5, 5.41) is 32.3. The molecule has 0 aromatic carbocycles. The van der Waals surface area contributed by atoms with Gasteiger partial charge in [0.1, 0.15) is 24.4 Å². The average molecular weight is 261 g/mol. The van der Waals surface area contributed by atoms with Crippen molar-refractivity contribution < 1.29 is 24.9 Å². The number of nitrogens with zero attached hydrogens (tertiary/aromatic N) is 1. The van der Waals surface area contributed by atoms with Crippen LogP contribution in [-0.4, -0.2) is 76.5 Å². The van der Waals surface area contributed by atoms with E-state index in [4.69, 9.17) is 10.5 Å². The highest BCUT2D eigenvalue weighted by atomic mass is 16.6. The Morgan fingerprint density at radius 1 is 1.39 bits per heavy atom. The highest BCUT2D eigenvalue weighted by Crippen LogP contribution is 2.24. The van der Waals surface area contributed by atoms with Gasteiger partial charge < -0.3 is 36.0 Å². The molecule has 0 saturated carbocycles. The standard InChI is InChI=1S/C10H19N3O5/c11-4-5-7(14)8(15)6(9(16)18-5)13-3-1-2-12-10(13)17/h5-9,14-16H,1-4,11H2,(H,12,17)/t5-,6-,7+,8-,9?/m1/s1. The van der Waals surface area contributed by atoms with Gasteiger partial charge in [-0.25, -0.2) is 4.79 Å². The number of nitrogens with one attached hydrogen (secondary N) is 1. The fourth-order valence-corrected chi connectivity index (χ4v) is 2.40. The van der Waals surface area contributed by atoms with E-state index in [1.807, 2.05) is 0 Å². The molecule has 6 N–H and O–H groups in total. The first-order chi connectivity index (χ1) is 8.56. The van der Waals surface area contributed by atoms with Crippen LogP contribution in [0.3, 0.4) is 0 Å². The van der Waals surface area contributed by atoms with Gasteiger partial charge in [-0.1, -0.05) is 0 Å². The number of urea groups is 1. The van der Waals surface area contributed by atoms with Crippen LogP contribution in [0.4, 0.5) is 4.79 Å². The lowest BCUT2D eigenvalue weighted by atomic mass is 9.95. The number of rotatable bonds is 2. The Morgan fingerprint density at radius 2 is 2.11 bits per heavy atom. The maximum Gasteiger partial charge on any atom is 0.317 e. The number of hydrogen-bond donors (Lipinski definition) is 5. The van der Waals surface area contributed by atoms with E-state index in [0.29, 0.717) is 19.5 Å². The molecule has 2 amide bonds. The highest BCUT2D eigenvalue weighted by molar-refractivity contribution is 5.75. The van der Waals surface area contributed by atoms with Crippen molar-refractivity contribution in [3.05, 3.63) is 0 Å². The molecule has 5 atom stereocenters. The first kappa shape index (κ1) is 13.5. The topological polar surface area (TPSA) is 128 Å². The molecule has 0 bridgehead atoms. The minimum atomic E-state index is -1.36. The largest absolute Gasteiger partial charge is 0.388 e. The number of carbonyl (C=O) groups excluding carboxylic acids is 1. The predicted octanol–water partition coefficient (Wildman–Crippen LogP) is -2.83. The van der Waals surface area contributed by atoms with Gasteiger partial charge in [-0.3, -0.25) is 0 Å². The van der Waals surface area contributed by atoms with Crippen molar-refractivity contribution in [1.29, 1.82) is 0 Å². The van der Waals surface area contributed by atoms with Gasteiger partial charge in [0.05, 0.1) is 0 Å². The molecule has 0 radical (unpaired) electrons. The first-order valence-corrected chi connectivity index (χ1v) is 6.00. The smallest absolute Gasteiger partial charge is 0.317 e. The normalized spacial score (nSPS) is 41.7. The molecule has 2 fully saturated rings. The zero-order chi connectivity index (χ0) is 13.3. The molecule has 0 aromatic heterocycles. The van der Waals surface area contributed by atoms with Gasteiger partial charge in [0.2, 0.25) is 0 Å². The molecule has 2 aliphatic rings. The van der Waals surface area contributed by atoms with Crippen LogP contribution in [0.15, 0.2) is 0 Å². The molecule has 0 aromatic rings. The van der Waals surface area contributed by atoms with Crippen molar-refractivity contribution in [3.63, 3.8) is 0 Å². The molecule has 0 spiro atoms. The molecular formula is C10H19N3O5. The molecule has 2 heterocycles. The Kier molecular flexibility index (Phi) is 4.03. The number of amides is 2. The van der Waals surface area contributed by atoms with Crippen molar-refractivity contribution in [2.75, 3.05) is 19.6 Å². The van der Waals surface area contributed by atoms with Crippen molar-refractivity contribution in [1.82, 2.24) is 10.2 Å². The van der Waals surface area contributed by atoms with Crippen LogP contribution < -0.4 is 11.1 Å². The van der Waals surface area contributed by atoms with Crippen LogP contribution in [0.1, 0.15) is 6.42 Å². The number of aliphatic hydroxyl groups is 3. The van der Waals surface area contributed by atoms with Crippen LogP contribution in [0.2, 0.25) is 0 Å². The first-order valence-electron chi connectivity index (χ1n) is 6.00. The molecular weight excluding hydrogens is 242 g/mol. The summed E-state index contributed by atoms with van der Waals surface area (Å²) in [7, 11) is 0. The Bertz CT molecular complexity index is 316. The summed E-state index contributed by atoms with van der Waals surface area (Å²) in [4.78, 5) is 13.0. The average Bonchev–Trinajstić information content (AvgIpc) is 2.36. The molecule has 0 aliphatic carbocycles. The summed E-state index contributed by atoms with van der Waals surface area (Å²) in [6.07, 6.45) is -4.00. The fraction of sp³-hybridized carbons (Fsp3) is 0.900. The Hall–Kier alpha value is -0.930. The molecule has 1 unspecified atom stereocenters. The Labute approximate surface area is 104 Å². The monoisotopic (exact) mass is 261 g/mol. The Balaban J connectivity index is 2.13. The van der Waals surface area contributed by atoms with Gasteiger partial charge in [0.15, 0.2) is 6.29 Å². The van der Waals surface area contributed by atoms with E-state index in [9.17, 15) is 20.1 Å². The van der Waals surface area contributed by atoms with Crippen molar-refractivity contribution in [2.24, 2.45) is 5.73 Å². The SMILES string of the molecule is NC[C@H]1OC(O)[C@H](N2CCCNC2=O)[C@@H](O)[C@H]1O. The summed E-state index contributed by atoms with van der Waals surface area (Å²) in [5.74, 6) is 0. The van der Waals surface area contributed by atoms with Crippen LogP contribution in [0.5, 0.6) is 0 Å². The Morgan fingerprint density at radius 3 is 2.72 bits per heavy atom. The third kappa shape index (κ3) is 2.29. The van der Waals surface area contributed by atoms with E-state index >= 15 is 0 Å². The predicted molar refractivity (Wildman–Crippen MR) is 60.5 cm³/mol. The molecule has 2 saturated heterocycles. The quantitative estimate of drug-likeness (QED) is 0.364. The van der Waals surface area contributed by atoms with Gasteiger partial charge in [-0.15, -0.1) is 0 Å². The van der Waals surface area contributed by atoms with Gasteiger partial charge in [-0.2, -0.15) is 0 Å². The van der Waals surface area contributed by atoms with E-state index in [0.717, 1.165) is 0 Å². The zero-order valence-corrected chi connectivity index (χ0v) is 9.90. The minimum absolute atomic E-state index is 0.0196. The second-order valence-corrected chi connectivity index (χ2v) is 4.55. The number of carbonyl (C=O) groups is 1. The second kappa shape index (κ2) is 5.37. The van der Waals surface area contributed by atoms with Crippen LogP contribution in [0.25, 0.3) is 0 Å². The van der Waals surface area contributed by atoms with Gasteiger partial charge in [0, 0.05) is 19.6 Å². The second-order valence-electron chi connectivity index (χ2n) is 4.55. The number of ether oxygens (including phenoxy) is 1. The number of hydrogen-bond acceptors (Lipinski definition) is 6. The summed E-state index contributed by atoms with van der Waals surface area (Å²) >= 11 is 0. The fourth-order valence-electron chi connectivity index (χ4n) is 2.40. The maximum atomic E-state index is 11.7. The maximum absolute atomic E-state index is 11.7. The lowest BCUT2D eigenvalue weighted by Gasteiger charge is -2.46. The molecule has 8 heteroatoms. The molecule has 2 rings (SSSR count). The molecule has 8 nitrogen and oxygen atoms in total. The van der Waals surface area contributed by atoms with Crippen LogP contribution in [0, 0.1) is 0 Å². The van der Waals surface area contributed by atoms with E-state index in [1.165, 1.54) is 4.90 Å². The molecule has 18 heavy (non-hydrogen) atoms. The number of nitrogens with two attached hydrogens (primary N) is 1. The highest BCUT2D eigenvalue weighted by Gasteiger charge is 2.47. The van der Waals surface area contributed by atoms with Gasteiger partial charge in [0.25, 0.3) is 0 Å². The molecule has 104 valence electrons. The van der Waals surface area contributed by atoms with E-state index < -0.39 is 30.6 Å². The third-order valence-corrected chi connectivity index (χ3v) is 3.39.